The van der Waals surface area contributed by atoms with E-state index < -0.39 is 33.5 Å². The number of hydrogen-bond acceptors (Lipinski definition) is 6. The summed E-state index contributed by atoms with van der Waals surface area (Å²) in [5.41, 5.74) is 0.382. The van der Waals surface area contributed by atoms with Crippen LogP contribution in [0.4, 0.5) is 0 Å². The van der Waals surface area contributed by atoms with Crippen molar-refractivity contribution < 1.29 is 44.4 Å². The summed E-state index contributed by atoms with van der Waals surface area (Å²) >= 11 is -3.02. The molecule has 0 unspecified atom stereocenters. The van der Waals surface area contributed by atoms with Gasteiger partial charge >= 0.3 is 93.6 Å². The SMILES string of the molecule is CC(=O)OC(=O)c1ccccc1.CC[O][Zr]([CH2]C)([O]CC)[O]CC. The molecule has 0 aliphatic heterocycles. The van der Waals surface area contributed by atoms with Crippen LogP contribution in [0, 0.1) is 0 Å². The van der Waals surface area contributed by atoms with E-state index in [2.05, 4.69) is 11.7 Å². The molecule has 0 amide bonds. The Hall–Kier alpha value is -0.877. The summed E-state index contributed by atoms with van der Waals surface area (Å²) in [6, 6.07) is 8.37. The summed E-state index contributed by atoms with van der Waals surface area (Å²) in [6.45, 7) is 11.3. The maximum atomic E-state index is 11.0. The Labute approximate surface area is 150 Å². The van der Waals surface area contributed by atoms with E-state index in [0.717, 1.165) is 4.13 Å². The Morgan fingerprint density at radius 3 is 1.67 bits per heavy atom. The van der Waals surface area contributed by atoms with Crippen LogP contribution >= 0.6 is 0 Å². The molecule has 0 spiro atoms. The van der Waals surface area contributed by atoms with E-state index in [9.17, 15) is 9.59 Å². The number of carbonyl (C=O) groups excluding carboxylic acids is 2. The van der Waals surface area contributed by atoms with Crippen LogP contribution in [0.2, 0.25) is 4.13 Å². The van der Waals surface area contributed by atoms with Crippen molar-refractivity contribution in [3.05, 3.63) is 35.9 Å². The van der Waals surface area contributed by atoms with Crippen LogP contribution in [-0.4, -0.2) is 31.8 Å². The van der Waals surface area contributed by atoms with Gasteiger partial charge in [0.25, 0.3) is 0 Å². The van der Waals surface area contributed by atoms with Gasteiger partial charge in [0.15, 0.2) is 0 Å². The third-order valence-corrected chi connectivity index (χ3v) is 10.3. The summed E-state index contributed by atoms with van der Waals surface area (Å²) in [5.74, 6) is -1.20. The summed E-state index contributed by atoms with van der Waals surface area (Å²) < 4.78 is 22.2. The van der Waals surface area contributed by atoms with E-state index in [1.807, 2.05) is 20.8 Å². The summed E-state index contributed by atoms with van der Waals surface area (Å²) in [7, 11) is 0. The molecular formula is C17H28O6Zr. The first kappa shape index (κ1) is 23.1. The molecule has 0 saturated heterocycles. The van der Waals surface area contributed by atoms with Crippen LogP contribution in [0.25, 0.3) is 0 Å². The standard InChI is InChI=1S/C9H8O3.3C2H5O.C2H5.Zr/c1-7(10)12-9(11)8-5-3-2-4-6-8;3*1-2-3;1-2;/h2-6H,1H3;3*2H2,1H3;1H2,2H3;/q;3*-1;;+3. The minimum absolute atomic E-state index is 0.382. The number of ether oxygens (including phenoxy) is 1. The zero-order valence-electron chi connectivity index (χ0n) is 15.2. The average Bonchev–Trinajstić information content (AvgIpc) is 2.56. The molecular weight excluding hydrogens is 391 g/mol. The first-order chi connectivity index (χ1) is 11.4. The molecule has 136 valence electrons. The molecule has 0 radical (unpaired) electrons. The number of benzene rings is 1. The Kier molecular flexibility index (Phi) is 12.9. The molecule has 6 nitrogen and oxygen atoms in total. The van der Waals surface area contributed by atoms with E-state index in [1.165, 1.54) is 6.92 Å². The molecule has 1 aromatic rings. The van der Waals surface area contributed by atoms with Gasteiger partial charge in [-0.25, -0.2) is 4.79 Å². The molecule has 0 heterocycles. The maximum absolute atomic E-state index is 11.0. The van der Waals surface area contributed by atoms with Gasteiger partial charge in [0.1, 0.15) is 0 Å². The van der Waals surface area contributed by atoms with Gasteiger partial charge in [-0.2, -0.15) is 0 Å². The molecule has 7 heteroatoms. The van der Waals surface area contributed by atoms with Gasteiger partial charge in [0.05, 0.1) is 5.56 Å². The number of esters is 2. The Bertz CT molecular complexity index is 460. The fourth-order valence-corrected chi connectivity index (χ4v) is 7.22. The van der Waals surface area contributed by atoms with Crippen LogP contribution in [0.3, 0.4) is 0 Å². The third-order valence-electron chi connectivity index (χ3n) is 2.77. The van der Waals surface area contributed by atoms with Gasteiger partial charge in [0.2, 0.25) is 0 Å². The molecule has 0 atom stereocenters. The van der Waals surface area contributed by atoms with Crippen LogP contribution < -0.4 is 0 Å². The van der Waals surface area contributed by atoms with Gasteiger partial charge in [-0.3, -0.25) is 4.79 Å². The molecule has 0 N–H and O–H groups in total. The Morgan fingerprint density at radius 1 is 0.875 bits per heavy atom. The zero-order chi connectivity index (χ0) is 18.4. The van der Waals surface area contributed by atoms with E-state index in [-0.39, 0.29) is 0 Å². The van der Waals surface area contributed by atoms with Gasteiger partial charge in [-0.05, 0) is 12.1 Å². The zero-order valence-corrected chi connectivity index (χ0v) is 17.6. The van der Waals surface area contributed by atoms with E-state index in [1.54, 1.807) is 30.3 Å². The van der Waals surface area contributed by atoms with Crippen LogP contribution in [0.5, 0.6) is 0 Å². The normalized spacial score (nSPS) is 10.5. The number of rotatable bonds is 8. The monoisotopic (exact) mass is 418 g/mol. The van der Waals surface area contributed by atoms with Crippen molar-refractivity contribution in [3.8, 4) is 0 Å². The van der Waals surface area contributed by atoms with Crippen molar-refractivity contribution in [2.45, 2.75) is 38.7 Å². The molecule has 0 fully saturated rings. The first-order valence-electron chi connectivity index (χ1n) is 8.14. The second kappa shape index (κ2) is 13.4. The van der Waals surface area contributed by atoms with Crippen molar-refractivity contribution in [1.29, 1.82) is 0 Å². The van der Waals surface area contributed by atoms with Gasteiger partial charge in [-0.15, -0.1) is 0 Å². The van der Waals surface area contributed by atoms with Crippen molar-refractivity contribution in [1.82, 2.24) is 0 Å². The third kappa shape index (κ3) is 9.43. The predicted molar refractivity (Wildman–Crippen MR) is 87.9 cm³/mol. The molecule has 0 saturated carbocycles. The van der Waals surface area contributed by atoms with Gasteiger partial charge < -0.3 is 4.74 Å². The van der Waals surface area contributed by atoms with E-state index in [4.69, 9.17) is 8.44 Å². The summed E-state index contributed by atoms with van der Waals surface area (Å²) in [4.78, 5) is 21.4. The Balaban J connectivity index is 0.000000441. The summed E-state index contributed by atoms with van der Waals surface area (Å²) in [6.07, 6.45) is 0. The van der Waals surface area contributed by atoms with Gasteiger partial charge in [0, 0.05) is 6.92 Å². The molecule has 24 heavy (non-hydrogen) atoms. The summed E-state index contributed by atoms with van der Waals surface area (Å²) in [5, 5.41) is 0. The molecule has 1 rings (SSSR count). The second-order valence-electron chi connectivity index (χ2n) is 4.58. The Morgan fingerprint density at radius 2 is 1.33 bits per heavy atom. The molecule has 1 aromatic carbocycles. The van der Waals surface area contributed by atoms with Gasteiger partial charge in [-0.1, -0.05) is 18.2 Å². The first-order valence-corrected chi connectivity index (χ1v) is 12.9. The van der Waals surface area contributed by atoms with E-state index >= 15 is 0 Å². The fraction of sp³-hybridized carbons (Fsp3) is 0.529. The van der Waals surface area contributed by atoms with Crippen molar-refractivity contribution in [3.63, 3.8) is 0 Å². The number of carbonyl (C=O) groups is 2. The second-order valence-corrected chi connectivity index (χ2v) is 11.8. The molecule has 0 aliphatic carbocycles. The van der Waals surface area contributed by atoms with Crippen LogP contribution in [0.1, 0.15) is 45.0 Å². The van der Waals surface area contributed by atoms with Crippen molar-refractivity contribution in [2.24, 2.45) is 0 Å². The predicted octanol–water partition coefficient (Wildman–Crippen LogP) is 3.82. The minimum atomic E-state index is -3.02. The topological polar surface area (TPSA) is 71.1 Å². The molecule has 0 aliphatic rings. The van der Waals surface area contributed by atoms with E-state index in [0.29, 0.717) is 25.4 Å². The number of hydrogen-bond donors (Lipinski definition) is 0. The van der Waals surface area contributed by atoms with Crippen LogP contribution in [0.15, 0.2) is 30.3 Å². The molecule has 0 bridgehead atoms. The van der Waals surface area contributed by atoms with Crippen molar-refractivity contribution in [2.75, 3.05) is 19.8 Å². The van der Waals surface area contributed by atoms with Crippen LogP contribution in [-0.2, 0) is 39.6 Å². The molecule has 0 aromatic heterocycles. The van der Waals surface area contributed by atoms with Crippen molar-refractivity contribution >= 4 is 11.9 Å². The quantitative estimate of drug-likeness (QED) is 0.471. The fourth-order valence-electron chi connectivity index (χ4n) is 1.85. The average molecular weight is 420 g/mol.